The van der Waals surface area contributed by atoms with E-state index in [1.807, 2.05) is 4.90 Å². The molecule has 0 N–H and O–H groups in total. The van der Waals surface area contributed by atoms with E-state index in [2.05, 4.69) is 4.74 Å². The Kier molecular flexibility index (Phi) is 5.20. The first-order chi connectivity index (χ1) is 10.0. The van der Waals surface area contributed by atoms with Gasteiger partial charge in [-0.25, -0.2) is 0 Å². The third kappa shape index (κ3) is 3.74. The average Bonchev–Trinajstić information content (AvgIpc) is 3.00. The molecule has 2 rings (SSSR count). The predicted molar refractivity (Wildman–Crippen MR) is 76.3 cm³/mol. The number of likely N-dealkylation sites (N-methyl/N-ethyl adjacent to an activating group) is 1. The van der Waals surface area contributed by atoms with Gasteiger partial charge in [-0.1, -0.05) is 12.8 Å². The maximum atomic E-state index is 12.4. The van der Waals surface area contributed by atoms with Gasteiger partial charge in [0.1, 0.15) is 6.54 Å². The fourth-order valence-electron chi connectivity index (χ4n) is 3.29. The summed E-state index contributed by atoms with van der Waals surface area (Å²) in [6, 6.07) is 0.305. The van der Waals surface area contributed by atoms with Crippen LogP contribution in [0.25, 0.3) is 0 Å². The molecule has 2 amide bonds. The lowest BCUT2D eigenvalue weighted by Gasteiger charge is -2.37. The quantitative estimate of drug-likeness (QED) is 0.720. The zero-order chi connectivity index (χ0) is 15.4. The standard InChI is InChI=1S/C15H24N2O4/c1-16(10-14(19)21-2)15(20)11-7-8-13(18)17(9-11)12-5-3-4-6-12/h11-12H,3-10H2,1-2H3/t11-/m0/s1. The van der Waals surface area contributed by atoms with Crippen LogP contribution in [0.2, 0.25) is 0 Å². The Morgan fingerprint density at radius 2 is 1.95 bits per heavy atom. The van der Waals surface area contributed by atoms with Crippen LogP contribution in [-0.4, -0.2) is 60.9 Å². The van der Waals surface area contributed by atoms with Crippen molar-refractivity contribution in [3.05, 3.63) is 0 Å². The fraction of sp³-hybridized carbons (Fsp3) is 0.800. The summed E-state index contributed by atoms with van der Waals surface area (Å²) < 4.78 is 4.58. The van der Waals surface area contributed by atoms with Gasteiger partial charge in [-0.3, -0.25) is 14.4 Å². The lowest BCUT2D eigenvalue weighted by atomic mass is 9.94. The van der Waals surface area contributed by atoms with E-state index in [4.69, 9.17) is 0 Å². The smallest absolute Gasteiger partial charge is 0.325 e. The molecular formula is C15H24N2O4. The van der Waals surface area contributed by atoms with Crippen molar-refractivity contribution in [2.75, 3.05) is 27.2 Å². The van der Waals surface area contributed by atoms with Gasteiger partial charge in [0.25, 0.3) is 0 Å². The van der Waals surface area contributed by atoms with Gasteiger partial charge >= 0.3 is 5.97 Å². The predicted octanol–water partition coefficient (Wildman–Crippen LogP) is 0.799. The van der Waals surface area contributed by atoms with E-state index in [0.717, 1.165) is 25.7 Å². The second-order valence-corrected chi connectivity index (χ2v) is 5.99. The number of carbonyl (C=O) groups excluding carboxylic acids is 3. The Bertz CT molecular complexity index is 418. The SMILES string of the molecule is COC(=O)CN(C)C(=O)[C@H]1CCC(=O)N(C2CCCC2)C1. The first kappa shape index (κ1) is 15.8. The Morgan fingerprint density at radius 1 is 1.29 bits per heavy atom. The second-order valence-electron chi connectivity index (χ2n) is 5.99. The van der Waals surface area contributed by atoms with Gasteiger partial charge in [0.05, 0.1) is 13.0 Å². The van der Waals surface area contributed by atoms with Crippen molar-refractivity contribution >= 4 is 17.8 Å². The van der Waals surface area contributed by atoms with E-state index in [1.54, 1.807) is 7.05 Å². The van der Waals surface area contributed by atoms with Crippen LogP contribution in [0, 0.1) is 5.92 Å². The number of likely N-dealkylation sites (tertiary alicyclic amines) is 1. The number of amides is 2. The van der Waals surface area contributed by atoms with Crippen LogP contribution in [-0.2, 0) is 19.1 Å². The van der Waals surface area contributed by atoms with E-state index >= 15 is 0 Å². The molecule has 2 fully saturated rings. The summed E-state index contributed by atoms with van der Waals surface area (Å²) in [5, 5.41) is 0. The highest BCUT2D eigenvalue weighted by Crippen LogP contribution is 2.29. The Balaban J connectivity index is 1.95. The molecule has 0 aromatic heterocycles. The topological polar surface area (TPSA) is 66.9 Å². The molecule has 0 radical (unpaired) electrons. The van der Waals surface area contributed by atoms with Crippen LogP contribution in [0.5, 0.6) is 0 Å². The molecule has 1 saturated heterocycles. The first-order valence-corrected chi connectivity index (χ1v) is 7.64. The summed E-state index contributed by atoms with van der Waals surface area (Å²) in [5.41, 5.74) is 0. The number of piperidine rings is 1. The highest BCUT2D eigenvalue weighted by molar-refractivity contribution is 5.86. The van der Waals surface area contributed by atoms with Crippen molar-refractivity contribution in [1.82, 2.24) is 9.80 Å². The molecule has 1 heterocycles. The van der Waals surface area contributed by atoms with E-state index < -0.39 is 5.97 Å². The van der Waals surface area contributed by atoms with E-state index in [0.29, 0.717) is 25.4 Å². The van der Waals surface area contributed by atoms with Crippen LogP contribution in [0.15, 0.2) is 0 Å². The molecule has 6 heteroatoms. The number of rotatable bonds is 4. The molecule has 0 aromatic carbocycles. The lowest BCUT2D eigenvalue weighted by molar-refractivity contribution is -0.150. The van der Waals surface area contributed by atoms with Gasteiger partial charge < -0.3 is 14.5 Å². The molecule has 6 nitrogen and oxygen atoms in total. The molecule has 118 valence electrons. The van der Waals surface area contributed by atoms with Crippen molar-refractivity contribution in [1.29, 1.82) is 0 Å². The Labute approximate surface area is 125 Å². The monoisotopic (exact) mass is 296 g/mol. The zero-order valence-corrected chi connectivity index (χ0v) is 12.8. The lowest BCUT2D eigenvalue weighted by Crippen LogP contribution is -2.50. The van der Waals surface area contributed by atoms with Crippen LogP contribution in [0.3, 0.4) is 0 Å². The van der Waals surface area contributed by atoms with E-state index in [9.17, 15) is 14.4 Å². The summed E-state index contributed by atoms with van der Waals surface area (Å²) in [7, 11) is 2.91. The van der Waals surface area contributed by atoms with E-state index in [-0.39, 0.29) is 24.3 Å². The fourth-order valence-corrected chi connectivity index (χ4v) is 3.29. The molecule has 2 aliphatic rings. The van der Waals surface area contributed by atoms with Gasteiger partial charge in [-0.15, -0.1) is 0 Å². The minimum absolute atomic E-state index is 0.0385. The van der Waals surface area contributed by atoms with Crippen LogP contribution >= 0.6 is 0 Å². The molecule has 0 bridgehead atoms. The molecule has 1 saturated carbocycles. The van der Waals surface area contributed by atoms with Crippen LogP contribution < -0.4 is 0 Å². The Morgan fingerprint density at radius 3 is 2.57 bits per heavy atom. The molecule has 0 unspecified atom stereocenters. The number of carbonyl (C=O) groups is 3. The van der Waals surface area contributed by atoms with Crippen LogP contribution in [0.4, 0.5) is 0 Å². The van der Waals surface area contributed by atoms with Crippen molar-refractivity contribution in [2.45, 2.75) is 44.6 Å². The van der Waals surface area contributed by atoms with Gasteiger partial charge in [0, 0.05) is 26.1 Å². The van der Waals surface area contributed by atoms with Crippen LogP contribution in [0.1, 0.15) is 38.5 Å². The summed E-state index contributed by atoms with van der Waals surface area (Å²) >= 11 is 0. The summed E-state index contributed by atoms with van der Waals surface area (Å²) in [6.07, 6.45) is 5.42. The van der Waals surface area contributed by atoms with Gasteiger partial charge in [-0.2, -0.15) is 0 Å². The molecular weight excluding hydrogens is 272 g/mol. The first-order valence-electron chi connectivity index (χ1n) is 7.64. The van der Waals surface area contributed by atoms with E-state index in [1.165, 1.54) is 12.0 Å². The molecule has 0 aromatic rings. The number of ether oxygens (including phenoxy) is 1. The number of esters is 1. The molecule has 1 aliphatic heterocycles. The van der Waals surface area contributed by atoms with Gasteiger partial charge in [0.15, 0.2) is 0 Å². The van der Waals surface area contributed by atoms with Crippen molar-refractivity contribution in [2.24, 2.45) is 5.92 Å². The molecule has 1 aliphatic carbocycles. The Hall–Kier alpha value is -1.59. The molecule has 1 atom stereocenters. The minimum Gasteiger partial charge on any atom is -0.468 e. The third-order valence-electron chi connectivity index (χ3n) is 4.53. The average molecular weight is 296 g/mol. The summed E-state index contributed by atoms with van der Waals surface area (Å²) in [5.74, 6) is -0.527. The molecule has 21 heavy (non-hydrogen) atoms. The van der Waals surface area contributed by atoms with Gasteiger partial charge in [0.2, 0.25) is 11.8 Å². The third-order valence-corrected chi connectivity index (χ3v) is 4.53. The normalized spacial score (nSPS) is 23.2. The highest BCUT2D eigenvalue weighted by Gasteiger charge is 2.36. The number of methoxy groups -OCH3 is 1. The summed E-state index contributed by atoms with van der Waals surface area (Å²) in [6.45, 7) is 0.455. The number of nitrogens with zero attached hydrogens (tertiary/aromatic N) is 2. The number of hydrogen-bond acceptors (Lipinski definition) is 4. The van der Waals surface area contributed by atoms with Gasteiger partial charge in [-0.05, 0) is 19.3 Å². The van der Waals surface area contributed by atoms with Crippen molar-refractivity contribution in [3.63, 3.8) is 0 Å². The number of hydrogen-bond donors (Lipinski definition) is 0. The second kappa shape index (κ2) is 6.91. The minimum atomic E-state index is -0.426. The molecule has 0 spiro atoms. The zero-order valence-electron chi connectivity index (χ0n) is 12.8. The largest absolute Gasteiger partial charge is 0.468 e. The highest BCUT2D eigenvalue weighted by atomic mass is 16.5. The summed E-state index contributed by atoms with van der Waals surface area (Å²) in [4.78, 5) is 39.0. The van der Waals surface area contributed by atoms with Crippen molar-refractivity contribution in [3.8, 4) is 0 Å². The maximum Gasteiger partial charge on any atom is 0.325 e. The maximum absolute atomic E-state index is 12.4. The van der Waals surface area contributed by atoms with Crippen molar-refractivity contribution < 1.29 is 19.1 Å².